The maximum atomic E-state index is 12.2. The smallest absolute Gasteiger partial charge is 0.344 e. The molecule has 1 aromatic carbocycles. The molecule has 1 aromatic rings. The molecular weight excluding hydrogens is 310 g/mol. The van der Waals surface area contributed by atoms with Crippen molar-refractivity contribution in [2.24, 2.45) is 0 Å². The molecule has 0 bridgehead atoms. The minimum absolute atomic E-state index is 0.0860. The largest absolute Gasteiger partial charge is 0.482 e. The van der Waals surface area contributed by atoms with E-state index in [1.807, 2.05) is 18.2 Å². The number of ether oxygens (including phenoxy) is 2. The lowest BCUT2D eigenvalue weighted by Crippen LogP contribution is -2.31. The van der Waals surface area contributed by atoms with Crippen LogP contribution in [0.15, 0.2) is 35.5 Å². The lowest BCUT2D eigenvalue weighted by atomic mass is 9.97. The number of amides is 1. The summed E-state index contributed by atoms with van der Waals surface area (Å²) in [6.45, 7) is 3.89. The van der Waals surface area contributed by atoms with Crippen LogP contribution >= 0.6 is 0 Å². The molecule has 0 radical (unpaired) electrons. The summed E-state index contributed by atoms with van der Waals surface area (Å²) < 4.78 is 10.5. The Kier molecular flexibility index (Phi) is 5.00. The molecule has 7 heteroatoms. The fourth-order valence-electron chi connectivity index (χ4n) is 2.95. The van der Waals surface area contributed by atoms with Crippen molar-refractivity contribution in [1.82, 2.24) is 16.0 Å². The van der Waals surface area contributed by atoms with Crippen LogP contribution in [0.5, 0.6) is 5.75 Å². The number of benzene rings is 1. The zero-order valence-electron chi connectivity index (χ0n) is 13.6. The van der Waals surface area contributed by atoms with Gasteiger partial charge in [-0.3, -0.25) is 4.79 Å². The van der Waals surface area contributed by atoms with Crippen molar-refractivity contribution in [3.05, 3.63) is 41.1 Å². The normalized spacial score (nSPS) is 19.9. The molecule has 128 valence electrons. The monoisotopic (exact) mass is 331 g/mol. The van der Waals surface area contributed by atoms with Crippen molar-refractivity contribution < 1.29 is 19.1 Å². The molecule has 2 aliphatic heterocycles. The van der Waals surface area contributed by atoms with Gasteiger partial charge in [-0.1, -0.05) is 18.2 Å². The Hall–Kier alpha value is -2.54. The predicted octanol–water partition coefficient (Wildman–Crippen LogP) is 0.246. The van der Waals surface area contributed by atoms with Gasteiger partial charge in [0.2, 0.25) is 0 Å². The molecule has 2 aliphatic rings. The van der Waals surface area contributed by atoms with Crippen LogP contribution in [0.1, 0.15) is 18.5 Å². The number of hydrogen-bond donors (Lipinski definition) is 3. The van der Waals surface area contributed by atoms with Crippen LogP contribution in [0.3, 0.4) is 0 Å². The van der Waals surface area contributed by atoms with Gasteiger partial charge in [0.1, 0.15) is 5.75 Å². The van der Waals surface area contributed by atoms with Gasteiger partial charge in [-0.25, -0.2) is 4.79 Å². The highest BCUT2D eigenvalue weighted by molar-refractivity contribution is 5.98. The van der Waals surface area contributed by atoms with Gasteiger partial charge >= 0.3 is 5.97 Å². The molecule has 0 spiro atoms. The Bertz CT molecular complexity index is 672. The summed E-state index contributed by atoms with van der Waals surface area (Å²) in [5.41, 5.74) is 2.42. The van der Waals surface area contributed by atoms with Crippen LogP contribution in [0.2, 0.25) is 0 Å². The first-order chi connectivity index (χ1) is 11.7. The molecule has 3 rings (SSSR count). The number of carbonyl (C=O) groups excluding carboxylic acids is 2. The number of nitrogens with one attached hydrogen (secondary N) is 3. The lowest BCUT2D eigenvalue weighted by Gasteiger charge is -2.21. The maximum absolute atomic E-state index is 12.2. The van der Waals surface area contributed by atoms with Crippen molar-refractivity contribution in [2.45, 2.75) is 13.0 Å². The minimum atomic E-state index is -0.415. The minimum Gasteiger partial charge on any atom is -0.482 e. The number of esters is 1. The van der Waals surface area contributed by atoms with E-state index in [2.05, 4.69) is 16.0 Å². The van der Waals surface area contributed by atoms with Crippen molar-refractivity contribution in [1.29, 1.82) is 0 Å². The third kappa shape index (κ3) is 3.35. The molecule has 0 saturated heterocycles. The first-order valence-electron chi connectivity index (χ1n) is 8.06. The Morgan fingerprint density at radius 1 is 1.25 bits per heavy atom. The standard InChI is InChI=1S/C17H21N3O4/c1-2-23-14(21)10-24-13-6-4-3-5-11(13)16-15-12(9-20-17(15)22)18-7-8-19-16/h3-6,16,18-19H,2,7-10H2,1H3,(H,20,22). The lowest BCUT2D eigenvalue weighted by molar-refractivity contribution is -0.145. The summed E-state index contributed by atoms with van der Waals surface area (Å²) in [5, 5.41) is 9.50. The highest BCUT2D eigenvalue weighted by Crippen LogP contribution is 2.33. The van der Waals surface area contributed by atoms with Gasteiger partial charge in [0, 0.05) is 24.4 Å². The third-order valence-corrected chi connectivity index (χ3v) is 3.98. The second kappa shape index (κ2) is 7.35. The Labute approximate surface area is 140 Å². The number of hydrogen-bond acceptors (Lipinski definition) is 6. The second-order valence-corrected chi connectivity index (χ2v) is 5.52. The maximum Gasteiger partial charge on any atom is 0.344 e. The fraction of sp³-hybridized carbons (Fsp3) is 0.412. The van der Waals surface area contributed by atoms with Crippen molar-refractivity contribution in [3.8, 4) is 5.75 Å². The van der Waals surface area contributed by atoms with Gasteiger partial charge < -0.3 is 25.4 Å². The van der Waals surface area contributed by atoms with E-state index in [4.69, 9.17) is 9.47 Å². The van der Waals surface area contributed by atoms with E-state index in [1.165, 1.54) is 0 Å². The highest BCUT2D eigenvalue weighted by atomic mass is 16.6. The summed E-state index contributed by atoms with van der Waals surface area (Å²) in [6, 6.07) is 7.14. The second-order valence-electron chi connectivity index (χ2n) is 5.52. The summed E-state index contributed by atoms with van der Waals surface area (Å²) in [5.74, 6) is 0.0647. The SMILES string of the molecule is CCOC(=O)COc1ccccc1C1NCCNC2=C1C(=O)NC2. The Morgan fingerprint density at radius 2 is 2.08 bits per heavy atom. The van der Waals surface area contributed by atoms with Gasteiger partial charge in [0.05, 0.1) is 24.8 Å². The Balaban J connectivity index is 1.87. The van der Waals surface area contributed by atoms with Crippen molar-refractivity contribution >= 4 is 11.9 Å². The molecule has 0 saturated carbocycles. The van der Waals surface area contributed by atoms with E-state index in [0.717, 1.165) is 24.4 Å². The Morgan fingerprint density at radius 3 is 2.92 bits per heavy atom. The van der Waals surface area contributed by atoms with Crippen molar-refractivity contribution in [2.75, 3.05) is 32.8 Å². The third-order valence-electron chi connectivity index (χ3n) is 3.98. The first-order valence-corrected chi connectivity index (χ1v) is 8.06. The van der Waals surface area contributed by atoms with Crippen LogP contribution in [0.4, 0.5) is 0 Å². The van der Waals surface area contributed by atoms with E-state index in [1.54, 1.807) is 13.0 Å². The summed E-state index contributed by atoms with van der Waals surface area (Å²) in [7, 11) is 0. The first kappa shape index (κ1) is 16.3. The molecule has 1 amide bonds. The van der Waals surface area contributed by atoms with Crippen LogP contribution in [0.25, 0.3) is 0 Å². The summed E-state index contributed by atoms with van der Waals surface area (Å²) >= 11 is 0. The number of para-hydroxylation sites is 1. The van der Waals surface area contributed by atoms with E-state index >= 15 is 0 Å². The summed E-state index contributed by atoms with van der Waals surface area (Å²) in [6.07, 6.45) is 0. The molecule has 1 unspecified atom stereocenters. The molecule has 3 N–H and O–H groups in total. The molecule has 0 fully saturated rings. The number of rotatable bonds is 5. The van der Waals surface area contributed by atoms with E-state index in [0.29, 0.717) is 24.5 Å². The van der Waals surface area contributed by atoms with Crippen molar-refractivity contribution in [3.63, 3.8) is 0 Å². The molecular formula is C17H21N3O4. The van der Waals surface area contributed by atoms with Gasteiger partial charge in [-0.15, -0.1) is 0 Å². The quantitative estimate of drug-likeness (QED) is 0.670. The topological polar surface area (TPSA) is 88.7 Å². The van der Waals surface area contributed by atoms with Gasteiger partial charge in [0.25, 0.3) is 5.91 Å². The van der Waals surface area contributed by atoms with Gasteiger partial charge in [-0.2, -0.15) is 0 Å². The fourth-order valence-corrected chi connectivity index (χ4v) is 2.95. The molecule has 24 heavy (non-hydrogen) atoms. The van der Waals surface area contributed by atoms with E-state index in [9.17, 15) is 9.59 Å². The number of carbonyl (C=O) groups is 2. The average molecular weight is 331 g/mol. The zero-order valence-corrected chi connectivity index (χ0v) is 13.6. The predicted molar refractivity (Wildman–Crippen MR) is 87.4 cm³/mol. The van der Waals surface area contributed by atoms with Gasteiger partial charge in [0.15, 0.2) is 6.61 Å². The van der Waals surface area contributed by atoms with Crippen LogP contribution in [-0.2, 0) is 14.3 Å². The molecule has 2 heterocycles. The van der Waals surface area contributed by atoms with Crippen LogP contribution < -0.4 is 20.7 Å². The van der Waals surface area contributed by atoms with Crippen LogP contribution in [-0.4, -0.2) is 44.7 Å². The zero-order chi connectivity index (χ0) is 16.9. The molecule has 1 atom stereocenters. The molecule has 0 aliphatic carbocycles. The van der Waals surface area contributed by atoms with E-state index in [-0.39, 0.29) is 18.6 Å². The van der Waals surface area contributed by atoms with E-state index < -0.39 is 5.97 Å². The van der Waals surface area contributed by atoms with Gasteiger partial charge in [-0.05, 0) is 13.0 Å². The molecule has 7 nitrogen and oxygen atoms in total. The highest BCUT2D eigenvalue weighted by Gasteiger charge is 2.33. The summed E-state index contributed by atoms with van der Waals surface area (Å²) in [4.78, 5) is 23.8. The average Bonchev–Trinajstić information content (AvgIpc) is 2.82. The van der Waals surface area contributed by atoms with Crippen LogP contribution in [0, 0.1) is 0 Å². The molecule has 0 aromatic heterocycles.